The molecule has 0 spiro atoms. The average molecular weight is 248 g/mol. The number of carboxylic acid groups (broad SMARTS) is 1. The molecule has 1 aromatic heterocycles. The average Bonchev–Trinajstić information content (AvgIpc) is 2.63. The van der Waals surface area contributed by atoms with E-state index < -0.39 is 5.97 Å². The van der Waals surface area contributed by atoms with Crippen molar-refractivity contribution >= 4 is 28.1 Å². The van der Waals surface area contributed by atoms with Gasteiger partial charge in [-0.2, -0.15) is 0 Å². The highest BCUT2D eigenvalue weighted by atomic mass is 32.1. The van der Waals surface area contributed by atoms with Crippen LogP contribution in [0.3, 0.4) is 0 Å². The van der Waals surface area contributed by atoms with E-state index in [9.17, 15) is 4.79 Å². The van der Waals surface area contributed by atoms with Crippen molar-refractivity contribution in [3.63, 3.8) is 0 Å². The van der Waals surface area contributed by atoms with Gasteiger partial charge in [0.2, 0.25) is 0 Å². The number of nitrogens with zero attached hydrogens (tertiary/aromatic N) is 1. The Hall–Kier alpha value is -1.88. The fourth-order valence-electron chi connectivity index (χ4n) is 1.41. The first-order chi connectivity index (χ1) is 8.06. The second kappa shape index (κ2) is 4.55. The lowest BCUT2D eigenvalue weighted by Crippen LogP contribution is -1.99. The monoisotopic (exact) mass is 248 g/mol. The van der Waals surface area contributed by atoms with Crippen LogP contribution in [0.2, 0.25) is 0 Å². The Labute approximate surface area is 103 Å². The molecular weight excluding hydrogens is 236 g/mol. The lowest BCUT2D eigenvalue weighted by atomic mass is 10.2. The molecular formula is C12H12N2O2S. The van der Waals surface area contributed by atoms with Gasteiger partial charge in [-0.25, -0.2) is 9.78 Å². The normalized spacial score (nSPS) is 10.2. The second-order valence-electron chi connectivity index (χ2n) is 3.72. The van der Waals surface area contributed by atoms with Crippen LogP contribution in [0.15, 0.2) is 24.3 Å². The molecule has 2 N–H and O–H groups in total. The highest BCUT2D eigenvalue weighted by Crippen LogP contribution is 2.25. The lowest BCUT2D eigenvalue weighted by molar-refractivity contribution is 0.0690. The quantitative estimate of drug-likeness (QED) is 0.875. The van der Waals surface area contributed by atoms with Crippen LogP contribution in [-0.2, 0) is 0 Å². The van der Waals surface area contributed by atoms with Crippen molar-refractivity contribution in [1.82, 2.24) is 4.98 Å². The van der Waals surface area contributed by atoms with Gasteiger partial charge in [-0.15, -0.1) is 11.3 Å². The molecule has 0 saturated carbocycles. The van der Waals surface area contributed by atoms with Gasteiger partial charge in [0.1, 0.15) is 0 Å². The third-order valence-electron chi connectivity index (χ3n) is 2.30. The number of anilines is 2. The summed E-state index contributed by atoms with van der Waals surface area (Å²) in [6.45, 7) is 3.77. The molecule has 0 amide bonds. The van der Waals surface area contributed by atoms with Crippen molar-refractivity contribution in [2.75, 3.05) is 5.32 Å². The lowest BCUT2D eigenvalue weighted by Gasteiger charge is -2.01. The Kier molecular flexibility index (Phi) is 3.10. The molecule has 1 heterocycles. The van der Waals surface area contributed by atoms with Gasteiger partial charge in [0.15, 0.2) is 10.8 Å². The molecule has 0 aliphatic carbocycles. The van der Waals surface area contributed by atoms with Crippen LogP contribution in [0, 0.1) is 13.8 Å². The van der Waals surface area contributed by atoms with E-state index in [-0.39, 0.29) is 5.69 Å². The van der Waals surface area contributed by atoms with E-state index in [0.29, 0.717) is 10.0 Å². The molecule has 5 heteroatoms. The zero-order valence-corrected chi connectivity index (χ0v) is 10.3. The van der Waals surface area contributed by atoms with Crippen LogP contribution in [-0.4, -0.2) is 16.1 Å². The molecule has 88 valence electrons. The minimum atomic E-state index is -0.990. The van der Waals surface area contributed by atoms with E-state index in [1.807, 2.05) is 31.2 Å². The van der Waals surface area contributed by atoms with Gasteiger partial charge in [0.05, 0.1) is 0 Å². The minimum Gasteiger partial charge on any atom is -0.476 e. The Balaban J connectivity index is 2.22. The summed E-state index contributed by atoms with van der Waals surface area (Å²) in [7, 11) is 0. The maximum absolute atomic E-state index is 10.8. The largest absolute Gasteiger partial charge is 0.476 e. The minimum absolute atomic E-state index is 0.115. The number of aromatic carboxylic acids is 1. The molecule has 2 rings (SSSR count). The summed E-state index contributed by atoms with van der Waals surface area (Å²) in [5, 5.41) is 12.6. The van der Waals surface area contributed by atoms with Crippen LogP contribution in [0.25, 0.3) is 0 Å². The van der Waals surface area contributed by atoms with Crippen molar-refractivity contribution in [2.24, 2.45) is 0 Å². The van der Waals surface area contributed by atoms with Crippen molar-refractivity contribution in [1.29, 1.82) is 0 Å². The molecule has 0 aliphatic heterocycles. The number of carbonyl (C=O) groups is 1. The number of aromatic nitrogens is 1. The van der Waals surface area contributed by atoms with Crippen LogP contribution >= 0.6 is 11.3 Å². The van der Waals surface area contributed by atoms with Crippen LogP contribution < -0.4 is 5.32 Å². The van der Waals surface area contributed by atoms with E-state index in [2.05, 4.69) is 10.3 Å². The molecule has 1 aromatic carbocycles. The molecule has 0 atom stereocenters. The third kappa shape index (κ3) is 2.62. The predicted octanol–water partition coefficient (Wildman–Crippen LogP) is 3.20. The van der Waals surface area contributed by atoms with Crippen molar-refractivity contribution in [3.05, 3.63) is 40.4 Å². The number of carboxylic acids is 1. The number of rotatable bonds is 3. The summed E-state index contributed by atoms with van der Waals surface area (Å²) in [6.07, 6.45) is 0. The Morgan fingerprint density at radius 2 is 1.94 bits per heavy atom. The fourth-order valence-corrected chi connectivity index (χ4v) is 2.23. The number of nitrogens with one attached hydrogen (secondary N) is 1. The molecule has 2 aromatic rings. The zero-order valence-electron chi connectivity index (χ0n) is 9.52. The van der Waals surface area contributed by atoms with E-state index in [0.717, 1.165) is 5.69 Å². The number of aryl methyl sites for hydroxylation is 2. The fraction of sp³-hybridized carbons (Fsp3) is 0.167. The highest BCUT2D eigenvalue weighted by molar-refractivity contribution is 7.15. The first-order valence-corrected chi connectivity index (χ1v) is 5.92. The van der Waals surface area contributed by atoms with Gasteiger partial charge in [0, 0.05) is 10.6 Å². The van der Waals surface area contributed by atoms with Gasteiger partial charge < -0.3 is 10.4 Å². The first-order valence-electron chi connectivity index (χ1n) is 5.10. The molecule has 4 nitrogen and oxygen atoms in total. The number of benzene rings is 1. The molecule has 0 saturated heterocycles. The first kappa shape index (κ1) is 11.6. The summed E-state index contributed by atoms with van der Waals surface area (Å²) >= 11 is 1.34. The summed E-state index contributed by atoms with van der Waals surface area (Å²) in [5.41, 5.74) is 2.20. The SMILES string of the molecule is Cc1ccc(Nc2nc(C(=O)O)c(C)s2)cc1. The van der Waals surface area contributed by atoms with E-state index in [4.69, 9.17) is 5.11 Å². The summed E-state index contributed by atoms with van der Waals surface area (Å²) in [6, 6.07) is 7.85. The molecule has 0 aliphatic rings. The Bertz CT molecular complexity index is 546. The highest BCUT2D eigenvalue weighted by Gasteiger charge is 2.13. The van der Waals surface area contributed by atoms with Crippen LogP contribution in [0.4, 0.5) is 10.8 Å². The van der Waals surface area contributed by atoms with Gasteiger partial charge in [-0.3, -0.25) is 0 Å². The molecule has 0 unspecified atom stereocenters. The van der Waals surface area contributed by atoms with Crippen LogP contribution in [0.1, 0.15) is 20.9 Å². The Morgan fingerprint density at radius 3 is 2.47 bits per heavy atom. The molecule has 0 bridgehead atoms. The van der Waals surface area contributed by atoms with Gasteiger partial charge in [-0.05, 0) is 26.0 Å². The summed E-state index contributed by atoms with van der Waals surface area (Å²) in [5.74, 6) is -0.990. The number of thiazole rings is 1. The van der Waals surface area contributed by atoms with Crippen molar-refractivity contribution < 1.29 is 9.90 Å². The maximum Gasteiger partial charge on any atom is 0.355 e. The van der Waals surface area contributed by atoms with Gasteiger partial charge in [0.25, 0.3) is 0 Å². The van der Waals surface area contributed by atoms with Crippen molar-refractivity contribution in [3.8, 4) is 0 Å². The predicted molar refractivity (Wildman–Crippen MR) is 68.3 cm³/mol. The third-order valence-corrected chi connectivity index (χ3v) is 3.19. The van der Waals surface area contributed by atoms with E-state index >= 15 is 0 Å². The molecule has 0 radical (unpaired) electrons. The number of hydrogen-bond donors (Lipinski definition) is 2. The van der Waals surface area contributed by atoms with Gasteiger partial charge >= 0.3 is 5.97 Å². The second-order valence-corrected chi connectivity index (χ2v) is 4.92. The smallest absolute Gasteiger partial charge is 0.355 e. The summed E-state index contributed by atoms with van der Waals surface area (Å²) in [4.78, 5) is 15.6. The van der Waals surface area contributed by atoms with Crippen molar-refractivity contribution in [2.45, 2.75) is 13.8 Å². The zero-order chi connectivity index (χ0) is 12.4. The maximum atomic E-state index is 10.8. The number of hydrogen-bond acceptors (Lipinski definition) is 4. The standard InChI is InChI=1S/C12H12N2O2S/c1-7-3-5-9(6-4-7)13-12-14-10(11(15)16)8(2)17-12/h3-6H,1-2H3,(H,13,14)(H,15,16). The Morgan fingerprint density at radius 1 is 1.29 bits per heavy atom. The van der Waals surface area contributed by atoms with E-state index in [1.165, 1.54) is 16.9 Å². The van der Waals surface area contributed by atoms with Crippen LogP contribution in [0.5, 0.6) is 0 Å². The van der Waals surface area contributed by atoms with Gasteiger partial charge in [-0.1, -0.05) is 17.7 Å². The van der Waals surface area contributed by atoms with E-state index in [1.54, 1.807) is 6.92 Å². The summed E-state index contributed by atoms with van der Waals surface area (Å²) < 4.78 is 0. The molecule has 17 heavy (non-hydrogen) atoms. The topological polar surface area (TPSA) is 62.2 Å². The molecule has 0 fully saturated rings.